The number of nitrogens with one attached hydrogen (secondary N) is 2. The molecular weight excluding hydrogens is 248 g/mol. The van der Waals surface area contributed by atoms with Gasteiger partial charge in [-0.2, -0.15) is 4.98 Å². The molecular formula is C16H22N4. The van der Waals surface area contributed by atoms with Crippen LogP contribution in [-0.4, -0.2) is 23.1 Å². The first-order chi connectivity index (χ1) is 9.69. The van der Waals surface area contributed by atoms with E-state index in [1.807, 2.05) is 20.2 Å². The Morgan fingerprint density at radius 2 is 1.95 bits per heavy atom. The van der Waals surface area contributed by atoms with Gasteiger partial charge in [-0.1, -0.05) is 30.3 Å². The lowest BCUT2D eigenvalue weighted by Crippen LogP contribution is -2.18. The van der Waals surface area contributed by atoms with E-state index >= 15 is 0 Å². The number of hydrogen-bond donors (Lipinski definition) is 2. The largest absolute Gasteiger partial charge is 0.367 e. The van der Waals surface area contributed by atoms with Crippen LogP contribution < -0.4 is 10.6 Å². The molecule has 1 heterocycles. The molecule has 0 aliphatic heterocycles. The summed E-state index contributed by atoms with van der Waals surface area (Å²) in [5.74, 6) is 1.55. The number of rotatable bonds is 6. The molecule has 2 N–H and O–H groups in total. The molecule has 0 fully saturated rings. The van der Waals surface area contributed by atoms with Crippen LogP contribution in [0.4, 0.5) is 11.8 Å². The molecule has 106 valence electrons. The topological polar surface area (TPSA) is 49.8 Å². The summed E-state index contributed by atoms with van der Waals surface area (Å²) in [6, 6.07) is 10.9. The minimum atomic E-state index is 0.369. The minimum absolute atomic E-state index is 0.369. The van der Waals surface area contributed by atoms with Crippen LogP contribution in [0, 0.1) is 6.92 Å². The van der Waals surface area contributed by atoms with Crippen molar-refractivity contribution in [2.75, 3.05) is 17.7 Å². The molecule has 1 atom stereocenters. The number of anilines is 2. The van der Waals surface area contributed by atoms with Crippen molar-refractivity contribution in [1.29, 1.82) is 0 Å². The van der Waals surface area contributed by atoms with Crippen LogP contribution in [0.25, 0.3) is 0 Å². The van der Waals surface area contributed by atoms with Gasteiger partial charge in [-0.3, -0.25) is 0 Å². The summed E-state index contributed by atoms with van der Waals surface area (Å²) in [6.45, 7) is 4.20. The Morgan fingerprint density at radius 3 is 2.65 bits per heavy atom. The van der Waals surface area contributed by atoms with Crippen LogP contribution in [0.1, 0.15) is 24.5 Å². The second kappa shape index (κ2) is 6.89. The van der Waals surface area contributed by atoms with Crippen molar-refractivity contribution in [1.82, 2.24) is 9.97 Å². The third-order valence-corrected chi connectivity index (χ3v) is 3.29. The summed E-state index contributed by atoms with van der Waals surface area (Å²) in [7, 11) is 1.83. The highest BCUT2D eigenvalue weighted by molar-refractivity contribution is 5.46. The Labute approximate surface area is 120 Å². The maximum absolute atomic E-state index is 4.45. The molecule has 1 aromatic heterocycles. The fraction of sp³-hybridized carbons (Fsp3) is 0.375. The Hall–Kier alpha value is -2.10. The van der Waals surface area contributed by atoms with E-state index in [1.54, 1.807) is 0 Å². The van der Waals surface area contributed by atoms with Gasteiger partial charge in [-0.15, -0.1) is 0 Å². The van der Waals surface area contributed by atoms with Gasteiger partial charge in [0.2, 0.25) is 5.95 Å². The summed E-state index contributed by atoms with van der Waals surface area (Å²) >= 11 is 0. The molecule has 0 spiro atoms. The standard InChI is InChI=1S/C16H22N4/c1-12-11-18-16(17-3)20-15(12)19-13(2)9-10-14-7-5-4-6-8-14/h4-8,11,13H,9-10H2,1-3H3,(H2,17,18,19,20). The molecule has 4 nitrogen and oxygen atoms in total. The van der Waals surface area contributed by atoms with Gasteiger partial charge >= 0.3 is 0 Å². The molecule has 0 saturated carbocycles. The fourth-order valence-corrected chi connectivity index (χ4v) is 2.04. The molecule has 0 radical (unpaired) electrons. The van der Waals surface area contributed by atoms with Gasteiger partial charge in [0.25, 0.3) is 0 Å². The molecule has 0 aliphatic carbocycles. The number of hydrogen-bond acceptors (Lipinski definition) is 4. The molecule has 0 bridgehead atoms. The molecule has 2 rings (SSSR count). The van der Waals surface area contributed by atoms with Crippen LogP contribution in [0.2, 0.25) is 0 Å². The summed E-state index contributed by atoms with van der Waals surface area (Å²) in [5.41, 5.74) is 2.44. The quantitative estimate of drug-likeness (QED) is 0.846. The van der Waals surface area contributed by atoms with Crippen molar-refractivity contribution in [3.8, 4) is 0 Å². The van der Waals surface area contributed by atoms with Gasteiger partial charge in [0.15, 0.2) is 0 Å². The van der Waals surface area contributed by atoms with Crippen molar-refractivity contribution < 1.29 is 0 Å². The normalized spacial score (nSPS) is 11.9. The fourth-order valence-electron chi connectivity index (χ4n) is 2.04. The summed E-state index contributed by atoms with van der Waals surface area (Å²) < 4.78 is 0. The lowest BCUT2D eigenvalue weighted by molar-refractivity contribution is 0.702. The van der Waals surface area contributed by atoms with Crippen molar-refractivity contribution >= 4 is 11.8 Å². The Balaban J connectivity index is 1.92. The van der Waals surface area contributed by atoms with Crippen LogP contribution in [0.15, 0.2) is 36.5 Å². The molecule has 4 heteroatoms. The average molecular weight is 270 g/mol. The Bertz CT molecular complexity index is 539. The smallest absolute Gasteiger partial charge is 0.224 e. The molecule has 2 aromatic rings. The second-order valence-corrected chi connectivity index (χ2v) is 5.04. The van der Waals surface area contributed by atoms with Crippen LogP contribution >= 0.6 is 0 Å². The van der Waals surface area contributed by atoms with E-state index in [1.165, 1.54) is 5.56 Å². The second-order valence-electron chi connectivity index (χ2n) is 5.04. The van der Waals surface area contributed by atoms with E-state index in [-0.39, 0.29) is 0 Å². The monoisotopic (exact) mass is 270 g/mol. The molecule has 1 unspecified atom stereocenters. The molecule has 0 amide bonds. The zero-order chi connectivity index (χ0) is 14.4. The summed E-state index contributed by atoms with van der Waals surface area (Å²) in [5, 5.41) is 6.43. The molecule has 0 saturated heterocycles. The van der Waals surface area contributed by atoms with Crippen molar-refractivity contribution in [3.63, 3.8) is 0 Å². The van der Waals surface area contributed by atoms with Crippen molar-refractivity contribution in [3.05, 3.63) is 47.7 Å². The lowest BCUT2D eigenvalue weighted by atomic mass is 10.1. The van der Waals surface area contributed by atoms with Gasteiger partial charge in [-0.25, -0.2) is 4.98 Å². The summed E-state index contributed by atoms with van der Waals surface area (Å²) in [4.78, 5) is 8.65. The van der Waals surface area contributed by atoms with Gasteiger partial charge in [0, 0.05) is 24.8 Å². The van der Waals surface area contributed by atoms with Gasteiger partial charge in [0.1, 0.15) is 5.82 Å². The van der Waals surface area contributed by atoms with E-state index in [0.717, 1.165) is 24.2 Å². The predicted molar refractivity (Wildman–Crippen MR) is 84.2 cm³/mol. The van der Waals surface area contributed by atoms with E-state index in [4.69, 9.17) is 0 Å². The molecule has 20 heavy (non-hydrogen) atoms. The highest BCUT2D eigenvalue weighted by Gasteiger charge is 2.07. The van der Waals surface area contributed by atoms with Crippen LogP contribution in [0.3, 0.4) is 0 Å². The van der Waals surface area contributed by atoms with Crippen LogP contribution in [-0.2, 0) is 6.42 Å². The Morgan fingerprint density at radius 1 is 1.20 bits per heavy atom. The highest BCUT2D eigenvalue weighted by Crippen LogP contribution is 2.15. The van der Waals surface area contributed by atoms with Gasteiger partial charge in [0.05, 0.1) is 0 Å². The SMILES string of the molecule is CNc1ncc(C)c(NC(C)CCc2ccccc2)n1. The first-order valence-electron chi connectivity index (χ1n) is 7.01. The van der Waals surface area contributed by atoms with E-state index in [9.17, 15) is 0 Å². The van der Waals surface area contributed by atoms with Gasteiger partial charge < -0.3 is 10.6 Å². The zero-order valence-corrected chi connectivity index (χ0v) is 12.4. The van der Waals surface area contributed by atoms with E-state index in [2.05, 4.69) is 57.9 Å². The minimum Gasteiger partial charge on any atom is -0.367 e. The zero-order valence-electron chi connectivity index (χ0n) is 12.4. The highest BCUT2D eigenvalue weighted by atomic mass is 15.1. The number of aromatic nitrogens is 2. The number of nitrogens with zero attached hydrogens (tertiary/aromatic N) is 2. The average Bonchev–Trinajstić information content (AvgIpc) is 2.48. The summed E-state index contributed by atoms with van der Waals surface area (Å²) in [6.07, 6.45) is 3.98. The first-order valence-corrected chi connectivity index (χ1v) is 7.01. The third-order valence-electron chi connectivity index (χ3n) is 3.29. The maximum atomic E-state index is 4.45. The molecule has 0 aliphatic rings. The first kappa shape index (κ1) is 14.3. The van der Waals surface area contributed by atoms with Gasteiger partial charge in [-0.05, 0) is 32.3 Å². The maximum Gasteiger partial charge on any atom is 0.224 e. The van der Waals surface area contributed by atoms with Crippen molar-refractivity contribution in [2.45, 2.75) is 32.7 Å². The van der Waals surface area contributed by atoms with Crippen molar-refractivity contribution in [2.24, 2.45) is 0 Å². The number of benzene rings is 1. The van der Waals surface area contributed by atoms with E-state index in [0.29, 0.717) is 12.0 Å². The Kier molecular flexibility index (Phi) is 4.93. The lowest BCUT2D eigenvalue weighted by Gasteiger charge is -2.16. The predicted octanol–water partition coefficient (Wildman–Crippen LogP) is 3.26. The van der Waals surface area contributed by atoms with E-state index < -0.39 is 0 Å². The number of aryl methyl sites for hydroxylation is 2. The third kappa shape index (κ3) is 3.95. The van der Waals surface area contributed by atoms with Crippen LogP contribution in [0.5, 0.6) is 0 Å². The molecule has 1 aromatic carbocycles.